The number of ether oxygens (including phenoxy) is 1. The number of benzene rings is 1. The van der Waals surface area contributed by atoms with Gasteiger partial charge in [0.25, 0.3) is 5.91 Å². The van der Waals surface area contributed by atoms with Crippen molar-refractivity contribution in [3.05, 3.63) is 46.8 Å². The van der Waals surface area contributed by atoms with Gasteiger partial charge in [0.05, 0.1) is 0 Å². The van der Waals surface area contributed by atoms with Crippen LogP contribution in [0.5, 0.6) is 5.75 Å². The van der Waals surface area contributed by atoms with Crippen LogP contribution >= 0.6 is 0 Å². The second-order valence-electron chi connectivity index (χ2n) is 7.12. The van der Waals surface area contributed by atoms with Crippen LogP contribution in [0.4, 0.5) is 0 Å². The molecule has 1 saturated heterocycles. The molecule has 6 heteroatoms. The molecule has 0 saturated carbocycles. The minimum Gasteiger partial charge on any atom is -0.485 e. The van der Waals surface area contributed by atoms with E-state index >= 15 is 0 Å². The van der Waals surface area contributed by atoms with Gasteiger partial charge in [0.2, 0.25) is 0 Å². The topological polar surface area (TPSA) is 58.8 Å². The summed E-state index contributed by atoms with van der Waals surface area (Å²) >= 11 is 0. The summed E-state index contributed by atoms with van der Waals surface area (Å²) in [5.41, 5.74) is 2.49. The molecule has 27 heavy (non-hydrogen) atoms. The zero-order chi connectivity index (χ0) is 19.2. The molecule has 1 aliphatic rings. The van der Waals surface area contributed by atoms with Crippen molar-refractivity contribution in [2.45, 2.75) is 40.2 Å². The van der Waals surface area contributed by atoms with Crippen LogP contribution in [0.25, 0.3) is 0 Å². The smallest absolute Gasteiger partial charge is 0.276 e. The molecule has 1 fully saturated rings. The Morgan fingerprint density at radius 2 is 1.96 bits per heavy atom. The largest absolute Gasteiger partial charge is 0.485 e. The van der Waals surface area contributed by atoms with Crippen LogP contribution in [0.2, 0.25) is 0 Å². The molecule has 0 aliphatic carbocycles. The SMILES string of the molecule is CCN(CCN1CCCC1)C(=O)c1cc(COc2c(C)cccc2C)on1. The van der Waals surface area contributed by atoms with E-state index in [0.29, 0.717) is 18.0 Å². The van der Waals surface area contributed by atoms with Gasteiger partial charge >= 0.3 is 0 Å². The molecule has 146 valence electrons. The monoisotopic (exact) mass is 371 g/mol. The summed E-state index contributed by atoms with van der Waals surface area (Å²) in [6.45, 7) is 10.8. The lowest BCUT2D eigenvalue weighted by Gasteiger charge is -2.23. The van der Waals surface area contributed by atoms with E-state index in [2.05, 4.69) is 10.1 Å². The zero-order valence-electron chi connectivity index (χ0n) is 16.5. The van der Waals surface area contributed by atoms with E-state index in [0.717, 1.165) is 43.1 Å². The Bertz CT molecular complexity index is 746. The molecule has 1 amide bonds. The van der Waals surface area contributed by atoms with Gasteiger partial charge in [-0.3, -0.25) is 4.79 Å². The number of carbonyl (C=O) groups is 1. The minimum absolute atomic E-state index is 0.0845. The Morgan fingerprint density at radius 1 is 1.26 bits per heavy atom. The Morgan fingerprint density at radius 3 is 2.63 bits per heavy atom. The van der Waals surface area contributed by atoms with Gasteiger partial charge in [0, 0.05) is 25.7 Å². The second kappa shape index (κ2) is 9.04. The second-order valence-corrected chi connectivity index (χ2v) is 7.12. The maximum Gasteiger partial charge on any atom is 0.276 e. The number of carbonyl (C=O) groups excluding carboxylic acids is 1. The van der Waals surface area contributed by atoms with E-state index in [1.54, 1.807) is 6.07 Å². The minimum atomic E-state index is -0.0845. The molecule has 0 atom stereocenters. The molecule has 1 aromatic carbocycles. The molecule has 0 bridgehead atoms. The number of likely N-dealkylation sites (N-methyl/N-ethyl adjacent to an activating group) is 1. The molecule has 1 aromatic heterocycles. The number of aryl methyl sites for hydroxylation is 2. The fourth-order valence-corrected chi connectivity index (χ4v) is 3.49. The van der Waals surface area contributed by atoms with Crippen LogP contribution in [0.3, 0.4) is 0 Å². The number of aromatic nitrogens is 1. The van der Waals surface area contributed by atoms with Crippen molar-refractivity contribution >= 4 is 5.91 Å². The van der Waals surface area contributed by atoms with Crippen LogP contribution in [0.1, 0.15) is 47.1 Å². The van der Waals surface area contributed by atoms with Crippen molar-refractivity contribution in [2.24, 2.45) is 0 Å². The number of likely N-dealkylation sites (tertiary alicyclic amines) is 1. The van der Waals surface area contributed by atoms with E-state index in [1.807, 2.05) is 43.9 Å². The lowest BCUT2D eigenvalue weighted by Crippen LogP contribution is -2.37. The molecule has 3 rings (SSSR count). The molecule has 6 nitrogen and oxygen atoms in total. The van der Waals surface area contributed by atoms with Crippen molar-refractivity contribution in [2.75, 3.05) is 32.7 Å². The summed E-state index contributed by atoms with van der Waals surface area (Å²) in [5, 5.41) is 3.96. The molecular formula is C21H29N3O3. The first-order valence-electron chi connectivity index (χ1n) is 9.74. The van der Waals surface area contributed by atoms with Gasteiger partial charge < -0.3 is 19.1 Å². The third-order valence-corrected chi connectivity index (χ3v) is 5.10. The maximum absolute atomic E-state index is 12.7. The van der Waals surface area contributed by atoms with E-state index in [1.165, 1.54) is 12.8 Å². The van der Waals surface area contributed by atoms with E-state index in [9.17, 15) is 4.79 Å². The van der Waals surface area contributed by atoms with Crippen LogP contribution in [-0.2, 0) is 6.61 Å². The number of rotatable bonds is 8. The van der Waals surface area contributed by atoms with E-state index in [-0.39, 0.29) is 12.5 Å². The summed E-state index contributed by atoms with van der Waals surface area (Å²) in [5.74, 6) is 1.32. The Balaban J connectivity index is 1.57. The average Bonchev–Trinajstić information content (AvgIpc) is 3.33. The van der Waals surface area contributed by atoms with Crippen molar-refractivity contribution in [3.63, 3.8) is 0 Å². The highest BCUT2D eigenvalue weighted by Gasteiger charge is 2.20. The van der Waals surface area contributed by atoms with Crippen LogP contribution in [0.15, 0.2) is 28.8 Å². The van der Waals surface area contributed by atoms with Crippen LogP contribution in [0, 0.1) is 13.8 Å². The molecule has 0 spiro atoms. The fourth-order valence-electron chi connectivity index (χ4n) is 3.49. The highest BCUT2D eigenvalue weighted by atomic mass is 16.5. The fraction of sp³-hybridized carbons (Fsp3) is 0.524. The summed E-state index contributed by atoms with van der Waals surface area (Å²) in [6.07, 6.45) is 2.51. The molecule has 0 radical (unpaired) electrons. The Hall–Kier alpha value is -2.34. The molecule has 2 heterocycles. The van der Waals surface area contributed by atoms with Crippen LogP contribution in [-0.4, -0.2) is 53.6 Å². The van der Waals surface area contributed by atoms with Gasteiger partial charge in [-0.15, -0.1) is 0 Å². The summed E-state index contributed by atoms with van der Waals surface area (Å²) < 4.78 is 11.2. The van der Waals surface area contributed by atoms with Gasteiger partial charge in [-0.05, 0) is 57.8 Å². The molecule has 2 aromatic rings. The normalized spacial score (nSPS) is 14.5. The van der Waals surface area contributed by atoms with E-state index < -0.39 is 0 Å². The van der Waals surface area contributed by atoms with Crippen molar-refractivity contribution in [3.8, 4) is 5.75 Å². The van der Waals surface area contributed by atoms with Crippen molar-refractivity contribution < 1.29 is 14.1 Å². The summed E-state index contributed by atoms with van der Waals surface area (Å²) in [4.78, 5) is 17.0. The lowest BCUT2D eigenvalue weighted by molar-refractivity contribution is 0.0739. The summed E-state index contributed by atoms with van der Waals surface area (Å²) in [7, 11) is 0. The maximum atomic E-state index is 12.7. The predicted molar refractivity (Wildman–Crippen MR) is 104 cm³/mol. The van der Waals surface area contributed by atoms with E-state index in [4.69, 9.17) is 9.26 Å². The number of para-hydroxylation sites is 1. The quantitative estimate of drug-likeness (QED) is 0.711. The number of hydrogen-bond acceptors (Lipinski definition) is 5. The molecule has 0 unspecified atom stereocenters. The number of nitrogens with zero attached hydrogens (tertiary/aromatic N) is 3. The Labute approximate surface area is 161 Å². The lowest BCUT2D eigenvalue weighted by atomic mass is 10.1. The Kier molecular flexibility index (Phi) is 6.50. The highest BCUT2D eigenvalue weighted by Crippen LogP contribution is 2.23. The number of amides is 1. The van der Waals surface area contributed by atoms with Gasteiger partial charge in [-0.25, -0.2) is 0 Å². The van der Waals surface area contributed by atoms with Gasteiger partial charge in [0.15, 0.2) is 11.5 Å². The average molecular weight is 371 g/mol. The first-order valence-corrected chi connectivity index (χ1v) is 9.74. The van der Waals surface area contributed by atoms with Crippen molar-refractivity contribution in [1.82, 2.24) is 15.0 Å². The van der Waals surface area contributed by atoms with Gasteiger partial charge in [-0.2, -0.15) is 0 Å². The van der Waals surface area contributed by atoms with Crippen molar-refractivity contribution in [1.29, 1.82) is 0 Å². The first kappa shape index (κ1) is 19.4. The van der Waals surface area contributed by atoms with Gasteiger partial charge in [0.1, 0.15) is 12.4 Å². The molecule has 0 N–H and O–H groups in total. The molecular weight excluding hydrogens is 342 g/mol. The zero-order valence-corrected chi connectivity index (χ0v) is 16.5. The number of hydrogen-bond donors (Lipinski definition) is 0. The predicted octanol–water partition coefficient (Wildman–Crippen LogP) is 3.43. The third-order valence-electron chi connectivity index (χ3n) is 5.10. The standard InChI is InChI=1S/C21H29N3O3/c1-4-24(13-12-23-10-5-6-11-23)21(25)19-14-18(27-22-19)15-26-20-16(2)8-7-9-17(20)3/h7-9,14H,4-6,10-13,15H2,1-3H3. The highest BCUT2D eigenvalue weighted by molar-refractivity contribution is 5.92. The summed E-state index contributed by atoms with van der Waals surface area (Å²) in [6, 6.07) is 7.72. The third kappa shape index (κ3) is 4.89. The first-order chi connectivity index (χ1) is 13.1. The molecule has 1 aliphatic heterocycles. The van der Waals surface area contributed by atoms with Gasteiger partial charge in [-0.1, -0.05) is 23.4 Å². The van der Waals surface area contributed by atoms with Crippen LogP contribution < -0.4 is 4.74 Å².